The lowest BCUT2D eigenvalue weighted by atomic mass is 10.3. The van der Waals surface area contributed by atoms with E-state index in [1.807, 2.05) is 6.26 Å². The highest BCUT2D eigenvalue weighted by Gasteiger charge is 2.11. The number of carbonyl (C=O) groups excluding carboxylic acids is 1. The van der Waals surface area contributed by atoms with Gasteiger partial charge in [0.15, 0.2) is 0 Å². The van der Waals surface area contributed by atoms with Gasteiger partial charge in [0, 0.05) is 18.0 Å². The Balaban J connectivity index is 2.40. The first-order valence-electron chi connectivity index (χ1n) is 5.72. The van der Waals surface area contributed by atoms with E-state index in [2.05, 4.69) is 12.2 Å². The van der Waals surface area contributed by atoms with Gasteiger partial charge in [-0.2, -0.15) is 11.8 Å². The van der Waals surface area contributed by atoms with Gasteiger partial charge in [-0.1, -0.05) is 6.92 Å². The first-order chi connectivity index (χ1) is 8.54. The molecule has 1 atom stereocenters. The summed E-state index contributed by atoms with van der Waals surface area (Å²) in [5, 5.41) is 12.2. The van der Waals surface area contributed by atoms with Gasteiger partial charge in [-0.15, -0.1) is 0 Å². The summed E-state index contributed by atoms with van der Waals surface area (Å²) in [6.07, 6.45) is 4.53. The molecule has 5 nitrogen and oxygen atoms in total. The molecule has 0 aliphatic rings. The number of aromatic nitrogens is 1. The second kappa shape index (κ2) is 7.10. The largest absolute Gasteiger partial charge is 0.477 e. The zero-order valence-electron chi connectivity index (χ0n) is 10.5. The average molecular weight is 270 g/mol. The van der Waals surface area contributed by atoms with Crippen LogP contribution in [0.5, 0.6) is 0 Å². The molecule has 6 heteroatoms. The van der Waals surface area contributed by atoms with Crippen molar-refractivity contribution < 1.29 is 14.7 Å². The van der Waals surface area contributed by atoms with Crippen LogP contribution in [0.3, 0.4) is 0 Å². The van der Waals surface area contributed by atoms with Crippen molar-refractivity contribution in [2.45, 2.75) is 25.1 Å². The summed E-state index contributed by atoms with van der Waals surface area (Å²) < 4.78 is 1.43. The molecule has 100 valence electrons. The lowest BCUT2D eigenvalue weighted by Gasteiger charge is -2.10. The van der Waals surface area contributed by atoms with Gasteiger partial charge >= 0.3 is 5.97 Å². The average Bonchev–Trinajstić information content (AvgIpc) is 2.76. The third kappa shape index (κ3) is 4.44. The molecule has 1 aromatic heterocycles. The Morgan fingerprint density at radius 3 is 2.89 bits per heavy atom. The standard InChI is InChI=1S/C12H18N2O3S/c1-9(18-2)5-6-13-11(15)8-14-7-3-4-10(14)12(16)17/h3-4,7,9H,5-6,8H2,1-2H3,(H,13,15)(H,16,17). The maximum absolute atomic E-state index is 11.6. The van der Waals surface area contributed by atoms with E-state index in [4.69, 9.17) is 5.11 Å². The molecule has 0 aromatic carbocycles. The summed E-state index contributed by atoms with van der Waals surface area (Å²) >= 11 is 1.75. The monoisotopic (exact) mass is 270 g/mol. The molecule has 1 rings (SSSR count). The molecule has 0 spiro atoms. The molecule has 1 amide bonds. The lowest BCUT2D eigenvalue weighted by molar-refractivity contribution is -0.121. The Morgan fingerprint density at radius 2 is 2.28 bits per heavy atom. The molecule has 2 N–H and O–H groups in total. The van der Waals surface area contributed by atoms with Crippen molar-refractivity contribution in [3.63, 3.8) is 0 Å². The molecule has 18 heavy (non-hydrogen) atoms. The number of nitrogens with zero attached hydrogens (tertiary/aromatic N) is 1. The molecule has 0 saturated heterocycles. The van der Waals surface area contributed by atoms with Crippen LogP contribution >= 0.6 is 11.8 Å². The normalized spacial score (nSPS) is 12.1. The quantitative estimate of drug-likeness (QED) is 0.786. The SMILES string of the molecule is CSC(C)CCNC(=O)Cn1cccc1C(=O)O. The fourth-order valence-electron chi connectivity index (χ4n) is 1.49. The van der Waals surface area contributed by atoms with Crippen LogP contribution < -0.4 is 5.32 Å². The van der Waals surface area contributed by atoms with E-state index >= 15 is 0 Å². The molecular formula is C12H18N2O3S. The Morgan fingerprint density at radius 1 is 1.56 bits per heavy atom. The number of amides is 1. The number of aromatic carboxylic acids is 1. The number of carboxylic acid groups (broad SMARTS) is 1. The molecular weight excluding hydrogens is 252 g/mol. The Labute approximate surface area is 111 Å². The van der Waals surface area contributed by atoms with E-state index < -0.39 is 5.97 Å². The number of nitrogens with one attached hydrogen (secondary N) is 1. The van der Waals surface area contributed by atoms with Crippen LogP contribution in [0, 0.1) is 0 Å². The van der Waals surface area contributed by atoms with Crippen LogP contribution in [0.2, 0.25) is 0 Å². The van der Waals surface area contributed by atoms with Gasteiger partial charge in [-0.05, 0) is 24.8 Å². The zero-order valence-corrected chi connectivity index (χ0v) is 11.4. The summed E-state index contributed by atoms with van der Waals surface area (Å²) in [6.45, 7) is 2.76. The van der Waals surface area contributed by atoms with E-state index in [0.717, 1.165) is 6.42 Å². The molecule has 0 saturated carbocycles. The van der Waals surface area contributed by atoms with Gasteiger partial charge in [0.25, 0.3) is 0 Å². The van der Waals surface area contributed by atoms with Gasteiger partial charge in [0.05, 0.1) is 0 Å². The fourth-order valence-corrected chi connectivity index (χ4v) is 1.84. The minimum absolute atomic E-state index is 0.0439. The first-order valence-corrected chi connectivity index (χ1v) is 7.01. The highest BCUT2D eigenvalue weighted by molar-refractivity contribution is 7.99. The molecule has 0 bridgehead atoms. The van der Waals surface area contributed by atoms with Crippen LogP contribution in [0.4, 0.5) is 0 Å². The van der Waals surface area contributed by atoms with Gasteiger partial charge in [0.1, 0.15) is 12.2 Å². The first kappa shape index (κ1) is 14.6. The van der Waals surface area contributed by atoms with Crippen molar-refractivity contribution >= 4 is 23.6 Å². The van der Waals surface area contributed by atoms with E-state index in [9.17, 15) is 9.59 Å². The van der Waals surface area contributed by atoms with E-state index in [0.29, 0.717) is 11.8 Å². The van der Waals surface area contributed by atoms with E-state index in [1.165, 1.54) is 10.6 Å². The van der Waals surface area contributed by atoms with Crippen molar-refractivity contribution in [2.75, 3.05) is 12.8 Å². The van der Waals surface area contributed by atoms with Crippen molar-refractivity contribution in [1.29, 1.82) is 0 Å². The van der Waals surface area contributed by atoms with E-state index in [1.54, 1.807) is 24.0 Å². The number of carbonyl (C=O) groups is 2. The minimum Gasteiger partial charge on any atom is -0.477 e. The highest BCUT2D eigenvalue weighted by atomic mass is 32.2. The third-order valence-electron chi connectivity index (χ3n) is 2.64. The fraction of sp³-hybridized carbons (Fsp3) is 0.500. The van der Waals surface area contributed by atoms with Crippen molar-refractivity contribution in [3.05, 3.63) is 24.0 Å². The molecule has 1 heterocycles. The van der Waals surface area contributed by atoms with Crippen LogP contribution in [0.25, 0.3) is 0 Å². The number of hydrogen-bond acceptors (Lipinski definition) is 3. The predicted molar refractivity (Wildman–Crippen MR) is 72.0 cm³/mol. The molecule has 1 unspecified atom stereocenters. The minimum atomic E-state index is -1.02. The van der Waals surface area contributed by atoms with Gasteiger partial charge in [0.2, 0.25) is 5.91 Å². The predicted octanol–water partition coefficient (Wildman–Crippen LogP) is 1.44. The molecule has 0 aliphatic carbocycles. The maximum Gasteiger partial charge on any atom is 0.352 e. The smallest absolute Gasteiger partial charge is 0.352 e. The topological polar surface area (TPSA) is 71.3 Å². The Kier molecular flexibility index (Phi) is 5.77. The van der Waals surface area contributed by atoms with E-state index in [-0.39, 0.29) is 18.1 Å². The van der Waals surface area contributed by atoms with Gasteiger partial charge in [-0.25, -0.2) is 4.79 Å². The van der Waals surface area contributed by atoms with Gasteiger partial charge < -0.3 is 15.0 Å². The van der Waals surface area contributed by atoms with Crippen LogP contribution in [-0.2, 0) is 11.3 Å². The molecule has 0 radical (unpaired) electrons. The van der Waals surface area contributed by atoms with Gasteiger partial charge in [-0.3, -0.25) is 4.79 Å². The lowest BCUT2D eigenvalue weighted by Crippen LogP contribution is -2.30. The summed E-state index contributed by atoms with van der Waals surface area (Å²) in [5.41, 5.74) is 0.127. The third-order valence-corrected chi connectivity index (χ3v) is 3.68. The van der Waals surface area contributed by atoms with Crippen molar-refractivity contribution in [2.24, 2.45) is 0 Å². The zero-order chi connectivity index (χ0) is 13.5. The number of carboxylic acids is 1. The van der Waals surface area contributed by atoms with Crippen molar-refractivity contribution in [1.82, 2.24) is 9.88 Å². The summed E-state index contributed by atoms with van der Waals surface area (Å²) in [4.78, 5) is 22.5. The molecule has 0 aliphatic heterocycles. The van der Waals surface area contributed by atoms with Crippen LogP contribution in [-0.4, -0.2) is 39.6 Å². The summed E-state index contributed by atoms with van der Waals surface area (Å²) in [6, 6.07) is 3.10. The van der Waals surface area contributed by atoms with Crippen molar-refractivity contribution in [3.8, 4) is 0 Å². The second-order valence-electron chi connectivity index (χ2n) is 4.01. The maximum atomic E-state index is 11.6. The van der Waals surface area contributed by atoms with Crippen LogP contribution in [0.1, 0.15) is 23.8 Å². The molecule has 0 fully saturated rings. The number of hydrogen-bond donors (Lipinski definition) is 2. The Bertz CT molecular complexity index is 417. The highest BCUT2D eigenvalue weighted by Crippen LogP contribution is 2.08. The summed E-state index contributed by atoms with van der Waals surface area (Å²) in [5.74, 6) is -1.19. The second-order valence-corrected chi connectivity index (χ2v) is 5.29. The summed E-state index contributed by atoms with van der Waals surface area (Å²) in [7, 11) is 0. The number of rotatable bonds is 7. The van der Waals surface area contributed by atoms with Crippen LogP contribution in [0.15, 0.2) is 18.3 Å². The Hall–Kier alpha value is -1.43. The molecule has 1 aromatic rings. The number of thioether (sulfide) groups is 1.